The Kier molecular flexibility index (Phi) is 1.78. The van der Waals surface area contributed by atoms with Crippen molar-refractivity contribution in [1.29, 1.82) is 10.5 Å². The van der Waals surface area contributed by atoms with Gasteiger partial charge in [-0.15, -0.1) is 0 Å². The fraction of sp³-hybridized carbons (Fsp3) is 0. The number of hydrogen-bond acceptors (Lipinski definition) is 5. The number of rotatable bonds is 1. The smallest absolute Gasteiger partial charge is 0.248 e. The van der Waals surface area contributed by atoms with Gasteiger partial charge in [0.15, 0.2) is 5.69 Å². The maximum Gasteiger partial charge on any atom is 0.248 e. The molecule has 0 atom stereocenters. The van der Waals surface area contributed by atoms with Crippen LogP contribution in [0.2, 0.25) is 0 Å². The third-order valence-corrected chi connectivity index (χ3v) is 1.67. The zero-order chi connectivity index (χ0) is 9.97. The van der Waals surface area contributed by atoms with Gasteiger partial charge in [-0.3, -0.25) is 0 Å². The first-order valence-corrected chi connectivity index (χ1v) is 3.70. The second-order valence-electron chi connectivity index (χ2n) is 2.44. The van der Waals surface area contributed by atoms with E-state index in [-0.39, 0.29) is 11.5 Å². The fourth-order valence-corrected chi connectivity index (χ4v) is 1.09. The number of nitriles is 2. The first-order chi connectivity index (χ1) is 6.86. The van der Waals surface area contributed by atoms with Gasteiger partial charge in [-0.2, -0.15) is 10.5 Å². The van der Waals surface area contributed by atoms with Crippen molar-refractivity contribution in [2.24, 2.45) is 0 Å². The van der Waals surface area contributed by atoms with Crippen LogP contribution < -0.4 is 0 Å². The van der Waals surface area contributed by atoms with Crippen molar-refractivity contribution in [3.8, 4) is 23.5 Å². The topological polar surface area (TPSA) is 86.8 Å². The van der Waals surface area contributed by atoms with Gasteiger partial charge in [0.2, 0.25) is 5.76 Å². The Hall–Kier alpha value is -2.53. The van der Waals surface area contributed by atoms with Crippen LogP contribution in [0, 0.1) is 22.7 Å². The van der Waals surface area contributed by atoms with Crippen LogP contribution in [0.15, 0.2) is 27.3 Å². The number of nitrogens with zero attached hydrogens (tertiary/aromatic N) is 3. The molecule has 5 nitrogen and oxygen atoms in total. The maximum atomic E-state index is 8.70. The molecule has 0 aliphatic heterocycles. The molecule has 2 rings (SSSR count). The summed E-state index contributed by atoms with van der Waals surface area (Å²) in [5, 5.41) is 20.8. The Morgan fingerprint density at radius 2 is 2.14 bits per heavy atom. The summed E-state index contributed by atoms with van der Waals surface area (Å²) >= 11 is 0. The van der Waals surface area contributed by atoms with Gasteiger partial charge in [0.25, 0.3) is 0 Å². The first kappa shape index (κ1) is 8.09. The Morgan fingerprint density at radius 3 is 2.71 bits per heavy atom. The molecule has 0 saturated carbocycles. The minimum absolute atomic E-state index is 0.0171. The van der Waals surface area contributed by atoms with E-state index in [1.807, 2.05) is 6.07 Å². The highest BCUT2D eigenvalue weighted by molar-refractivity contribution is 5.68. The van der Waals surface area contributed by atoms with Gasteiger partial charge in [-0.1, -0.05) is 5.16 Å². The van der Waals surface area contributed by atoms with Crippen LogP contribution in [0.4, 0.5) is 0 Å². The highest BCUT2D eigenvalue weighted by Gasteiger charge is 2.19. The van der Waals surface area contributed by atoms with Crippen LogP contribution in [-0.2, 0) is 0 Å². The van der Waals surface area contributed by atoms with E-state index in [1.165, 1.54) is 6.26 Å². The second-order valence-corrected chi connectivity index (χ2v) is 2.44. The highest BCUT2D eigenvalue weighted by Crippen LogP contribution is 2.26. The van der Waals surface area contributed by atoms with Gasteiger partial charge >= 0.3 is 0 Å². The number of aromatic nitrogens is 1. The van der Waals surface area contributed by atoms with Crippen molar-refractivity contribution in [1.82, 2.24) is 5.16 Å². The lowest BCUT2D eigenvalue weighted by Crippen LogP contribution is -1.79. The summed E-state index contributed by atoms with van der Waals surface area (Å²) in [6.07, 6.45) is 1.45. The fourth-order valence-electron chi connectivity index (χ4n) is 1.09. The van der Waals surface area contributed by atoms with E-state index in [1.54, 1.807) is 18.2 Å². The summed E-state index contributed by atoms with van der Waals surface area (Å²) in [7, 11) is 0. The minimum Gasteiger partial charge on any atom is -0.464 e. The molecule has 0 N–H and O–H groups in total. The van der Waals surface area contributed by atoms with Gasteiger partial charge in [0, 0.05) is 0 Å². The zero-order valence-corrected chi connectivity index (χ0v) is 6.89. The van der Waals surface area contributed by atoms with Gasteiger partial charge in [0.05, 0.1) is 6.26 Å². The van der Waals surface area contributed by atoms with Crippen molar-refractivity contribution in [3.63, 3.8) is 0 Å². The molecule has 5 heteroatoms. The predicted molar refractivity (Wildman–Crippen MR) is 43.6 cm³/mol. The summed E-state index contributed by atoms with van der Waals surface area (Å²) in [5.41, 5.74) is 0.358. The monoisotopic (exact) mass is 185 g/mol. The largest absolute Gasteiger partial charge is 0.464 e. The Bertz CT molecular complexity index is 494. The van der Waals surface area contributed by atoms with E-state index in [2.05, 4.69) is 9.68 Å². The molecule has 66 valence electrons. The quantitative estimate of drug-likeness (QED) is 0.674. The predicted octanol–water partition coefficient (Wildman–Crippen LogP) is 1.68. The van der Waals surface area contributed by atoms with Crippen LogP contribution in [-0.4, -0.2) is 5.16 Å². The normalized spacial score (nSPS) is 9.29. The summed E-state index contributed by atoms with van der Waals surface area (Å²) < 4.78 is 9.73. The number of hydrogen-bond donors (Lipinski definition) is 0. The summed E-state index contributed by atoms with van der Waals surface area (Å²) in [4.78, 5) is 0. The molecule has 0 aliphatic carbocycles. The molecular formula is C9H3N3O2. The van der Waals surface area contributed by atoms with Gasteiger partial charge < -0.3 is 8.94 Å². The molecule has 0 spiro atoms. The molecule has 0 radical (unpaired) electrons. The Balaban J connectivity index is 2.69. The molecular weight excluding hydrogens is 182 g/mol. The van der Waals surface area contributed by atoms with Crippen molar-refractivity contribution in [3.05, 3.63) is 29.9 Å². The highest BCUT2D eigenvalue weighted by atomic mass is 16.5. The first-order valence-electron chi connectivity index (χ1n) is 3.70. The molecule has 14 heavy (non-hydrogen) atoms. The molecule has 0 fully saturated rings. The lowest BCUT2D eigenvalue weighted by Gasteiger charge is -1.88. The average Bonchev–Trinajstić information content (AvgIpc) is 2.85. The molecule has 0 saturated heterocycles. The van der Waals surface area contributed by atoms with Crippen molar-refractivity contribution in [2.45, 2.75) is 0 Å². The van der Waals surface area contributed by atoms with E-state index in [0.717, 1.165) is 0 Å². The minimum atomic E-state index is -0.0171. The lowest BCUT2D eigenvalue weighted by atomic mass is 10.1. The van der Waals surface area contributed by atoms with Gasteiger partial charge in [-0.25, -0.2) is 0 Å². The summed E-state index contributed by atoms with van der Waals surface area (Å²) in [6.45, 7) is 0. The third kappa shape index (κ3) is 1.05. The third-order valence-electron chi connectivity index (χ3n) is 1.67. The summed E-state index contributed by atoms with van der Waals surface area (Å²) in [5.74, 6) is 0.385. The lowest BCUT2D eigenvalue weighted by molar-refractivity contribution is 0.408. The van der Waals surface area contributed by atoms with E-state index < -0.39 is 0 Å². The van der Waals surface area contributed by atoms with Crippen LogP contribution in [0.3, 0.4) is 0 Å². The van der Waals surface area contributed by atoms with Gasteiger partial charge in [-0.05, 0) is 12.1 Å². The van der Waals surface area contributed by atoms with Crippen molar-refractivity contribution < 1.29 is 8.94 Å². The van der Waals surface area contributed by atoms with Crippen LogP contribution in [0.1, 0.15) is 11.5 Å². The van der Waals surface area contributed by atoms with Gasteiger partial charge in [0.1, 0.15) is 23.5 Å². The van der Waals surface area contributed by atoms with Crippen molar-refractivity contribution in [2.75, 3.05) is 0 Å². The van der Waals surface area contributed by atoms with E-state index >= 15 is 0 Å². The van der Waals surface area contributed by atoms with Crippen LogP contribution in [0.5, 0.6) is 0 Å². The van der Waals surface area contributed by atoms with Crippen molar-refractivity contribution >= 4 is 0 Å². The second kappa shape index (κ2) is 3.08. The molecule has 0 amide bonds. The van der Waals surface area contributed by atoms with Crippen LogP contribution in [0.25, 0.3) is 11.3 Å². The summed E-state index contributed by atoms with van der Waals surface area (Å²) in [6, 6.07) is 6.91. The molecule has 2 heterocycles. The zero-order valence-electron chi connectivity index (χ0n) is 6.89. The number of furan rings is 1. The SMILES string of the molecule is N#Cc1noc(C#N)c1-c1ccco1. The molecule has 2 aromatic heterocycles. The molecule has 0 unspecified atom stereocenters. The van der Waals surface area contributed by atoms with E-state index in [9.17, 15) is 0 Å². The molecule has 0 aromatic carbocycles. The molecule has 0 aliphatic rings. The Labute approximate surface area is 78.8 Å². The van der Waals surface area contributed by atoms with E-state index in [4.69, 9.17) is 14.9 Å². The standard InChI is InChI=1S/C9H3N3O2/c10-4-6-9(7-2-1-3-13-7)8(5-11)14-12-6/h1-3H. The Morgan fingerprint density at radius 1 is 1.29 bits per heavy atom. The average molecular weight is 185 g/mol. The van der Waals surface area contributed by atoms with Crippen LogP contribution >= 0.6 is 0 Å². The van der Waals surface area contributed by atoms with E-state index in [0.29, 0.717) is 11.3 Å². The maximum absolute atomic E-state index is 8.70. The molecule has 0 bridgehead atoms. The molecule has 2 aromatic rings.